The average Bonchev–Trinajstić information content (AvgIpc) is 2.83. The third-order valence-corrected chi connectivity index (χ3v) is 5.80. The lowest BCUT2D eigenvalue weighted by Crippen LogP contribution is -2.44. The summed E-state index contributed by atoms with van der Waals surface area (Å²) in [6, 6.07) is 0.854. The van der Waals surface area contributed by atoms with E-state index in [2.05, 4.69) is 32.6 Å². The molecule has 2 bridgehead atoms. The van der Waals surface area contributed by atoms with E-state index in [-0.39, 0.29) is 23.7 Å². The second kappa shape index (κ2) is 3.91. The number of nitrogens with zero attached hydrogens (tertiary/aromatic N) is 1. The van der Waals surface area contributed by atoms with Crippen LogP contribution in [0, 0.1) is 29.6 Å². The molecule has 3 heteroatoms. The predicted octanol–water partition coefficient (Wildman–Crippen LogP) is 3.64. The zero-order chi connectivity index (χ0) is 13.2. The Kier molecular flexibility index (Phi) is 2.79. The van der Waals surface area contributed by atoms with Crippen molar-refractivity contribution in [3.63, 3.8) is 0 Å². The van der Waals surface area contributed by atoms with Crippen molar-refractivity contribution in [2.24, 2.45) is 29.6 Å². The number of fused-ring (bicyclic) bond motifs is 5. The molecule has 5 atom stereocenters. The van der Waals surface area contributed by atoms with Gasteiger partial charge in [0, 0.05) is 30.5 Å². The number of halogens is 2. The van der Waals surface area contributed by atoms with Crippen molar-refractivity contribution in [1.82, 2.24) is 4.90 Å². The number of alkyl halides is 2. The van der Waals surface area contributed by atoms with Gasteiger partial charge in [0.25, 0.3) is 5.92 Å². The lowest BCUT2D eigenvalue weighted by molar-refractivity contribution is -0.0654. The van der Waals surface area contributed by atoms with Gasteiger partial charge in [-0.1, -0.05) is 13.8 Å². The van der Waals surface area contributed by atoms with Gasteiger partial charge < -0.3 is 0 Å². The van der Waals surface area contributed by atoms with Gasteiger partial charge in [-0.2, -0.15) is 0 Å². The Morgan fingerprint density at radius 3 is 2.22 bits per heavy atom. The summed E-state index contributed by atoms with van der Waals surface area (Å²) < 4.78 is 28.5. The molecule has 0 aromatic heterocycles. The molecule has 1 heterocycles. The van der Waals surface area contributed by atoms with Crippen LogP contribution in [-0.4, -0.2) is 29.5 Å². The first kappa shape index (κ1) is 12.8. The first-order valence-corrected chi connectivity index (χ1v) is 7.49. The van der Waals surface area contributed by atoms with E-state index in [9.17, 15) is 8.78 Å². The Hall–Kier alpha value is -0.180. The highest BCUT2D eigenvalue weighted by atomic mass is 19.3. The topological polar surface area (TPSA) is 3.24 Å². The van der Waals surface area contributed by atoms with E-state index in [0.29, 0.717) is 18.0 Å². The second-order valence-corrected chi connectivity index (χ2v) is 7.23. The van der Waals surface area contributed by atoms with Gasteiger partial charge >= 0.3 is 0 Å². The van der Waals surface area contributed by atoms with Crippen LogP contribution in [0.15, 0.2) is 0 Å². The standard InChI is InChI=1S/C15H25F2N/c1-8(2)14-13-10(7-18(14)9(3)4)11-5-6-12(13)15(11,16)17/h8-14H,5-7H2,1-4H3. The van der Waals surface area contributed by atoms with Crippen molar-refractivity contribution in [1.29, 1.82) is 0 Å². The summed E-state index contributed by atoms with van der Waals surface area (Å²) >= 11 is 0. The van der Waals surface area contributed by atoms with Crippen molar-refractivity contribution in [2.45, 2.75) is 58.5 Å². The van der Waals surface area contributed by atoms with Crippen LogP contribution in [0.25, 0.3) is 0 Å². The fourth-order valence-electron chi connectivity index (χ4n) is 5.24. The van der Waals surface area contributed by atoms with E-state index >= 15 is 0 Å². The minimum absolute atomic E-state index is 0.251. The van der Waals surface area contributed by atoms with Crippen LogP contribution < -0.4 is 0 Å². The average molecular weight is 257 g/mol. The number of hydrogen-bond acceptors (Lipinski definition) is 1. The van der Waals surface area contributed by atoms with Gasteiger partial charge in [0.2, 0.25) is 0 Å². The molecular weight excluding hydrogens is 232 g/mol. The van der Waals surface area contributed by atoms with Crippen LogP contribution in [0.3, 0.4) is 0 Å². The van der Waals surface area contributed by atoms with Gasteiger partial charge in [0.05, 0.1) is 0 Å². The minimum atomic E-state index is -2.37. The Balaban J connectivity index is 1.93. The van der Waals surface area contributed by atoms with Gasteiger partial charge in [0.15, 0.2) is 0 Å². The first-order valence-electron chi connectivity index (χ1n) is 7.49. The third kappa shape index (κ3) is 1.46. The summed E-state index contributed by atoms with van der Waals surface area (Å²) in [5.41, 5.74) is 0. The smallest absolute Gasteiger partial charge is 0.254 e. The normalized spacial score (nSPS) is 46.3. The van der Waals surface area contributed by atoms with Gasteiger partial charge in [-0.05, 0) is 44.4 Å². The van der Waals surface area contributed by atoms with Gasteiger partial charge in [-0.3, -0.25) is 4.90 Å². The summed E-state index contributed by atoms with van der Waals surface area (Å²) in [6.07, 6.45) is 1.52. The van der Waals surface area contributed by atoms with Crippen LogP contribution >= 0.6 is 0 Å². The molecule has 3 aliphatic rings. The molecule has 3 fully saturated rings. The Morgan fingerprint density at radius 2 is 1.67 bits per heavy atom. The highest BCUT2D eigenvalue weighted by molar-refractivity contribution is 5.14. The van der Waals surface area contributed by atoms with E-state index in [4.69, 9.17) is 0 Å². The number of rotatable bonds is 2. The first-order chi connectivity index (χ1) is 8.35. The molecule has 0 amide bonds. The largest absolute Gasteiger partial charge is 0.297 e. The molecule has 3 rings (SSSR count). The maximum Gasteiger partial charge on any atom is 0.254 e. The van der Waals surface area contributed by atoms with Crippen molar-refractivity contribution < 1.29 is 8.78 Å². The highest BCUT2D eigenvalue weighted by Crippen LogP contribution is 2.65. The number of likely N-dealkylation sites (tertiary alicyclic amines) is 1. The summed E-state index contributed by atoms with van der Waals surface area (Å²) in [5, 5.41) is 0. The van der Waals surface area contributed by atoms with E-state index in [1.165, 1.54) is 0 Å². The molecule has 1 aliphatic heterocycles. The predicted molar refractivity (Wildman–Crippen MR) is 68.6 cm³/mol. The maximum atomic E-state index is 14.3. The molecule has 0 aromatic carbocycles. The molecule has 5 unspecified atom stereocenters. The molecule has 2 saturated carbocycles. The quantitative estimate of drug-likeness (QED) is 0.730. The summed E-state index contributed by atoms with van der Waals surface area (Å²) in [7, 11) is 0. The Labute approximate surface area is 109 Å². The minimum Gasteiger partial charge on any atom is -0.297 e. The summed E-state index contributed by atoms with van der Waals surface area (Å²) in [6.45, 7) is 9.72. The fourth-order valence-corrected chi connectivity index (χ4v) is 5.24. The molecule has 0 spiro atoms. The molecule has 0 N–H and O–H groups in total. The van der Waals surface area contributed by atoms with Crippen LogP contribution in [0.5, 0.6) is 0 Å². The van der Waals surface area contributed by atoms with Crippen LogP contribution in [0.2, 0.25) is 0 Å². The molecule has 0 aromatic rings. The molecule has 0 radical (unpaired) electrons. The van der Waals surface area contributed by atoms with Gasteiger partial charge in [-0.15, -0.1) is 0 Å². The van der Waals surface area contributed by atoms with Crippen molar-refractivity contribution in [3.8, 4) is 0 Å². The molecule has 2 aliphatic carbocycles. The third-order valence-electron chi connectivity index (χ3n) is 5.80. The van der Waals surface area contributed by atoms with Crippen molar-refractivity contribution >= 4 is 0 Å². The van der Waals surface area contributed by atoms with E-state index < -0.39 is 5.92 Å². The SMILES string of the molecule is CC(C)C1C2C(CN1C(C)C)C1CCC2C1(F)F. The van der Waals surface area contributed by atoms with Gasteiger partial charge in [0.1, 0.15) is 0 Å². The molecule has 1 nitrogen and oxygen atoms in total. The Bertz CT molecular complexity index is 339. The van der Waals surface area contributed by atoms with Crippen LogP contribution in [0.4, 0.5) is 8.78 Å². The van der Waals surface area contributed by atoms with Crippen LogP contribution in [0.1, 0.15) is 40.5 Å². The fraction of sp³-hybridized carbons (Fsp3) is 1.00. The number of hydrogen-bond donors (Lipinski definition) is 0. The zero-order valence-corrected chi connectivity index (χ0v) is 11.9. The van der Waals surface area contributed by atoms with E-state index in [1.54, 1.807) is 0 Å². The maximum absolute atomic E-state index is 14.3. The molecule has 18 heavy (non-hydrogen) atoms. The lowest BCUT2D eigenvalue weighted by Gasteiger charge is -2.36. The Morgan fingerprint density at radius 1 is 1.06 bits per heavy atom. The monoisotopic (exact) mass is 257 g/mol. The van der Waals surface area contributed by atoms with Crippen molar-refractivity contribution in [3.05, 3.63) is 0 Å². The van der Waals surface area contributed by atoms with Crippen LogP contribution in [-0.2, 0) is 0 Å². The van der Waals surface area contributed by atoms with Gasteiger partial charge in [-0.25, -0.2) is 8.78 Å². The summed E-state index contributed by atoms with van der Waals surface area (Å²) in [5.74, 6) is -2.03. The second-order valence-electron chi connectivity index (χ2n) is 7.23. The van der Waals surface area contributed by atoms with E-state index in [1.807, 2.05) is 0 Å². The molecular formula is C15H25F2N. The zero-order valence-electron chi connectivity index (χ0n) is 11.9. The van der Waals surface area contributed by atoms with Crippen molar-refractivity contribution in [2.75, 3.05) is 6.54 Å². The molecule has 1 saturated heterocycles. The highest BCUT2D eigenvalue weighted by Gasteiger charge is 2.70. The lowest BCUT2D eigenvalue weighted by atomic mass is 9.75. The molecule has 104 valence electrons. The summed E-state index contributed by atoms with van der Waals surface area (Å²) in [4.78, 5) is 2.50. The van der Waals surface area contributed by atoms with E-state index in [0.717, 1.165) is 19.4 Å².